The summed E-state index contributed by atoms with van der Waals surface area (Å²) in [5.41, 5.74) is -0.679. The van der Waals surface area contributed by atoms with Crippen molar-refractivity contribution in [3.8, 4) is 0 Å². The molecule has 3 rings (SSSR count). The average molecular weight is 397 g/mol. The van der Waals surface area contributed by atoms with Crippen molar-refractivity contribution in [1.82, 2.24) is 10.2 Å². The number of likely N-dealkylation sites (tertiary alicyclic amines) is 1. The largest absolute Gasteiger partial charge is 0.416 e. The smallest absolute Gasteiger partial charge is 0.353 e. The molecule has 1 aliphatic heterocycles. The molecule has 0 spiro atoms. The van der Waals surface area contributed by atoms with Gasteiger partial charge in [0.2, 0.25) is 5.91 Å². The highest BCUT2D eigenvalue weighted by Gasteiger charge is 2.31. The number of nitrogens with zero attached hydrogens (tertiary/aromatic N) is 1. The Balaban J connectivity index is 1.47. The van der Waals surface area contributed by atoms with Gasteiger partial charge in [0.15, 0.2) is 0 Å². The predicted molar refractivity (Wildman–Crippen MR) is 99.8 cm³/mol. The molecule has 0 unspecified atom stereocenters. The maximum atomic E-state index is 12.8. The standard InChI is InChI=1S/C20H26F3N3O2/c21-20(22,23)15-7-4-8-17(13-15)25-19(28)26-11-9-16(10-12-26)24-18(27)14-5-2-1-3-6-14/h4,7-8,13-14,16H,1-3,5-6,9-12H2,(H,24,27)(H,25,28). The Hall–Kier alpha value is -2.25. The van der Waals surface area contributed by atoms with Crippen LogP contribution in [0.15, 0.2) is 24.3 Å². The molecule has 8 heteroatoms. The van der Waals surface area contributed by atoms with Gasteiger partial charge in [0.05, 0.1) is 5.56 Å². The quantitative estimate of drug-likeness (QED) is 0.794. The maximum absolute atomic E-state index is 12.8. The lowest BCUT2D eigenvalue weighted by Crippen LogP contribution is -2.49. The van der Waals surface area contributed by atoms with E-state index in [0.717, 1.165) is 37.8 Å². The van der Waals surface area contributed by atoms with Crippen molar-refractivity contribution in [3.05, 3.63) is 29.8 Å². The Kier molecular flexibility index (Phi) is 6.46. The van der Waals surface area contributed by atoms with E-state index in [4.69, 9.17) is 0 Å². The number of nitrogens with one attached hydrogen (secondary N) is 2. The third-order valence-electron chi connectivity index (χ3n) is 5.55. The number of carbonyl (C=O) groups excluding carboxylic acids is 2. The second-order valence-corrected chi connectivity index (χ2v) is 7.61. The normalized spacial score (nSPS) is 19.3. The average Bonchev–Trinajstić information content (AvgIpc) is 2.69. The third kappa shape index (κ3) is 5.39. The van der Waals surface area contributed by atoms with Crippen LogP contribution in [0.3, 0.4) is 0 Å². The number of amides is 3. The molecule has 0 atom stereocenters. The first-order chi connectivity index (χ1) is 13.3. The van der Waals surface area contributed by atoms with Crippen molar-refractivity contribution < 1.29 is 22.8 Å². The Bertz CT molecular complexity index is 694. The van der Waals surface area contributed by atoms with Crippen LogP contribution in [0.2, 0.25) is 0 Å². The molecule has 1 saturated carbocycles. The second-order valence-electron chi connectivity index (χ2n) is 7.61. The molecule has 1 heterocycles. The monoisotopic (exact) mass is 397 g/mol. The number of rotatable bonds is 3. The van der Waals surface area contributed by atoms with E-state index in [1.165, 1.54) is 18.6 Å². The molecule has 1 aliphatic carbocycles. The van der Waals surface area contributed by atoms with Gasteiger partial charge in [-0.3, -0.25) is 4.79 Å². The Labute approximate surface area is 162 Å². The fraction of sp³-hybridized carbons (Fsp3) is 0.600. The van der Waals surface area contributed by atoms with Gasteiger partial charge in [-0.25, -0.2) is 4.79 Å². The molecule has 154 valence electrons. The molecule has 5 nitrogen and oxygen atoms in total. The van der Waals surface area contributed by atoms with Gasteiger partial charge in [0.1, 0.15) is 0 Å². The summed E-state index contributed by atoms with van der Waals surface area (Å²) in [4.78, 5) is 26.3. The molecule has 3 amide bonds. The van der Waals surface area contributed by atoms with E-state index in [9.17, 15) is 22.8 Å². The molecule has 2 fully saturated rings. The van der Waals surface area contributed by atoms with E-state index in [0.29, 0.717) is 25.9 Å². The number of halogens is 3. The molecule has 1 saturated heterocycles. The molecular weight excluding hydrogens is 371 g/mol. The van der Waals surface area contributed by atoms with Gasteiger partial charge in [-0.05, 0) is 43.9 Å². The number of carbonyl (C=O) groups is 2. The first kappa shape index (κ1) is 20.5. The van der Waals surface area contributed by atoms with Crippen LogP contribution in [-0.4, -0.2) is 36.0 Å². The topological polar surface area (TPSA) is 61.4 Å². The molecule has 1 aromatic rings. The number of hydrogen-bond acceptors (Lipinski definition) is 2. The Morgan fingerprint density at radius 2 is 1.68 bits per heavy atom. The number of piperidine rings is 1. The van der Waals surface area contributed by atoms with E-state index < -0.39 is 17.8 Å². The van der Waals surface area contributed by atoms with Crippen molar-refractivity contribution in [2.75, 3.05) is 18.4 Å². The third-order valence-corrected chi connectivity index (χ3v) is 5.55. The summed E-state index contributed by atoms with van der Waals surface area (Å²) in [6, 6.07) is 4.23. The summed E-state index contributed by atoms with van der Waals surface area (Å²) >= 11 is 0. The van der Waals surface area contributed by atoms with Crippen LogP contribution in [0.5, 0.6) is 0 Å². The molecule has 1 aromatic carbocycles. The van der Waals surface area contributed by atoms with Crippen molar-refractivity contribution in [3.63, 3.8) is 0 Å². The zero-order valence-corrected chi connectivity index (χ0v) is 15.7. The minimum atomic E-state index is -4.45. The summed E-state index contributed by atoms with van der Waals surface area (Å²) in [6.07, 6.45) is 2.15. The fourth-order valence-electron chi connectivity index (χ4n) is 3.89. The summed E-state index contributed by atoms with van der Waals surface area (Å²) in [7, 11) is 0. The summed E-state index contributed by atoms with van der Waals surface area (Å²) < 4.78 is 38.4. The minimum absolute atomic E-state index is 0.0482. The van der Waals surface area contributed by atoms with Gasteiger partial charge in [-0.1, -0.05) is 25.3 Å². The predicted octanol–water partition coefficient (Wildman–Crippen LogP) is 4.40. The van der Waals surface area contributed by atoms with Gasteiger partial charge in [0, 0.05) is 30.7 Å². The van der Waals surface area contributed by atoms with Crippen LogP contribution in [-0.2, 0) is 11.0 Å². The Morgan fingerprint density at radius 1 is 1.00 bits per heavy atom. The lowest BCUT2D eigenvalue weighted by molar-refractivity contribution is -0.137. The first-order valence-corrected chi connectivity index (χ1v) is 9.86. The van der Waals surface area contributed by atoms with E-state index in [1.54, 1.807) is 4.90 Å². The highest BCUT2D eigenvalue weighted by Crippen LogP contribution is 2.30. The van der Waals surface area contributed by atoms with E-state index >= 15 is 0 Å². The highest BCUT2D eigenvalue weighted by atomic mass is 19.4. The van der Waals surface area contributed by atoms with E-state index in [1.807, 2.05) is 0 Å². The van der Waals surface area contributed by atoms with Crippen molar-refractivity contribution >= 4 is 17.6 Å². The molecule has 2 N–H and O–H groups in total. The SMILES string of the molecule is O=C(NC1CCN(C(=O)Nc2cccc(C(F)(F)F)c2)CC1)C1CCCCC1. The van der Waals surface area contributed by atoms with Gasteiger partial charge >= 0.3 is 12.2 Å². The number of urea groups is 1. The van der Waals surface area contributed by atoms with Crippen molar-refractivity contribution in [1.29, 1.82) is 0 Å². The minimum Gasteiger partial charge on any atom is -0.353 e. The lowest BCUT2D eigenvalue weighted by atomic mass is 9.88. The van der Waals surface area contributed by atoms with Crippen LogP contribution in [0.1, 0.15) is 50.5 Å². The van der Waals surface area contributed by atoms with Crippen LogP contribution in [0, 0.1) is 5.92 Å². The number of hydrogen-bond donors (Lipinski definition) is 2. The molecule has 28 heavy (non-hydrogen) atoms. The van der Waals surface area contributed by atoms with Crippen LogP contribution >= 0.6 is 0 Å². The van der Waals surface area contributed by atoms with Crippen molar-refractivity contribution in [2.24, 2.45) is 5.92 Å². The van der Waals surface area contributed by atoms with Gasteiger partial charge < -0.3 is 15.5 Å². The Morgan fingerprint density at radius 3 is 2.32 bits per heavy atom. The van der Waals surface area contributed by atoms with Gasteiger partial charge in [-0.15, -0.1) is 0 Å². The summed E-state index contributed by atoms with van der Waals surface area (Å²) in [5, 5.41) is 5.63. The fourth-order valence-corrected chi connectivity index (χ4v) is 3.89. The zero-order chi connectivity index (χ0) is 20.1. The van der Waals surface area contributed by atoms with Crippen molar-refractivity contribution in [2.45, 2.75) is 57.2 Å². The van der Waals surface area contributed by atoms with Gasteiger partial charge in [0.25, 0.3) is 0 Å². The van der Waals surface area contributed by atoms with E-state index in [-0.39, 0.29) is 23.6 Å². The molecule has 0 radical (unpaired) electrons. The number of anilines is 1. The molecule has 0 aromatic heterocycles. The lowest BCUT2D eigenvalue weighted by Gasteiger charge is -2.33. The number of benzene rings is 1. The first-order valence-electron chi connectivity index (χ1n) is 9.86. The molecule has 2 aliphatic rings. The molecule has 0 bridgehead atoms. The molecular formula is C20H26F3N3O2. The van der Waals surface area contributed by atoms with Crippen LogP contribution < -0.4 is 10.6 Å². The van der Waals surface area contributed by atoms with Gasteiger partial charge in [-0.2, -0.15) is 13.2 Å². The summed E-state index contributed by atoms with van der Waals surface area (Å²) in [6.45, 7) is 0.917. The summed E-state index contributed by atoms with van der Waals surface area (Å²) in [5.74, 6) is 0.225. The zero-order valence-electron chi connectivity index (χ0n) is 15.7. The maximum Gasteiger partial charge on any atom is 0.416 e. The van der Waals surface area contributed by atoms with E-state index in [2.05, 4.69) is 10.6 Å². The van der Waals surface area contributed by atoms with Crippen LogP contribution in [0.4, 0.5) is 23.7 Å². The van der Waals surface area contributed by atoms with Crippen LogP contribution in [0.25, 0.3) is 0 Å². The highest BCUT2D eigenvalue weighted by molar-refractivity contribution is 5.89. The number of alkyl halides is 3. The second kappa shape index (κ2) is 8.84.